The number of nitrogens with one attached hydrogen (secondary N) is 2. The van der Waals surface area contributed by atoms with E-state index >= 15 is 0 Å². The molecule has 0 fully saturated rings. The fourth-order valence-electron chi connectivity index (χ4n) is 3.32. The number of nitrogens with zero attached hydrogens (tertiary/aromatic N) is 3. The van der Waals surface area contributed by atoms with E-state index in [4.69, 9.17) is 14.6 Å². The van der Waals surface area contributed by atoms with E-state index in [2.05, 4.69) is 25.6 Å². The molecule has 0 aliphatic carbocycles. The van der Waals surface area contributed by atoms with Gasteiger partial charge in [0.1, 0.15) is 41.9 Å². The highest BCUT2D eigenvalue weighted by Gasteiger charge is 2.12. The molecule has 10 heteroatoms. The number of thiazole rings is 1. The van der Waals surface area contributed by atoms with Crippen LogP contribution in [0.2, 0.25) is 0 Å². The van der Waals surface area contributed by atoms with Crippen molar-refractivity contribution in [3.05, 3.63) is 64.9 Å². The molecule has 0 spiro atoms. The van der Waals surface area contributed by atoms with Crippen molar-refractivity contribution in [2.24, 2.45) is 0 Å². The highest BCUT2D eigenvalue weighted by atomic mass is 32.1. The number of aromatic nitrogens is 3. The molecule has 0 saturated carbocycles. The maximum absolute atomic E-state index is 11.5. The molecule has 4 rings (SSSR count). The molecule has 2 aromatic carbocycles. The van der Waals surface area contributed by atoms with Crippen LogP contribution < -0.4 is 20.1 Å². The third-order valence-electron chi connectivity index (χ3n) is 4.92. The Morgan fingerprint density at radius 2 is 2.03 bits per heavy atom. The average Bonchev–Trinajstić information content (AvgIpc) is 3.35. The number of hydrogen-bond donors (Lipinski definition) is 3. The molecule has 0 aliphatic rings. The summed E-state index contributed by atoms with van der Waals surface area (Å²) in [6.07, 6.45) is 3.34. The van der Waals surface area contributed by atoms with Gasteiger partial charge in [0, 0.05) is 23.7 Å². The number of hydrogen-bond acceptors (Lipinski definition) is 9. The van der Waals surface area contributed by atoms with E-state index < -0.39 is 0 Å². The third kappa shape index (κ3) is 5.97. The van der Waals surface area contributed by atoms with E-state index in [1.165, 1.54) is 6.33 Å². The molecule has 0 aliphatic heterocycles. The standard InChI is InChI=1S/C24H25N5O4S/c1-16-13-17(5-6-19(16)33-14-22-26-9-12-34-22)29-24-23-18(27-15-28-24)3-2-4-20(23)32-11-8-25-21(31)7-10-30/h2-6,9,12-13,15,30H,7-8,10-11,14H2,1H3,(H,25,31)(H,27,28,29). The van der Waals surface area contributed by atoms with Crippen LogP contribution in [0.4, 0.5) is 11.5 Å². The molecular weight excluding hydrogens is 454 g/mol. The van der Waals surface area contributed by atoms with Crippen molar-refractivity contribution in [1.29, 1.82) is 0 Å². The molecule has 0 atom stereocenters. The van der Waals surface area contributed by atoms with Crippen LogP contribution in [-0.4, -0.2) is 45.7 Å². The fraction of sp³-hybridized carbons (Fsp3) is 0.250. The summed E-state index contributed by atoms with van der Waals surface area (Å²) in [7, 11) is 0. The van der Waals surface area contributed by atoms with Crippen LogP contribution in [0.25, 0.3) is 10.9 Å². The lowest BCUT2D eigenvalue weighted by atomic mass is 10.1. The van der Waals surface area contributed by atoms with Crippen LogP contribution in [0.1, 0.15) is 17.0 Å². The van der Waals surface area contributed by atoms with Crippen LogP contribution >= 0.6 is 11.3 Å². The smallest absolute Gasteiger partial charge is 0.222 e. The Morgan fingerprint density at radius 1 is 1.12 bits per heavy atom. The first-order valence-electron chi connectivity index (χ1n) is 10.8. The lowest BCUT2D eigenvalue weighted by Crippen LogP contribution is -2.28. The Morgan fingerprint density at radius 3 is 2.82 bits per heavy atom. The minimum absolute atomic E-state index is 0.0738. The maximum atomic E-state index is 11.5. The summed E-state index contributed by atoms with van der Waals surface area (Å²) in [5.41, 5.74) is 2.57. The molecule has 4 aromatic rings. The zero-order chi connectivity index (χ0) is 23.8. The zero-order valence-corrected chi connectivity index (χ0v) is 19.5. The van der Waals surface area contributed by atoms with Gasteiger partial charge in [0.15, 0.2) is 0 Å². The molecule has 1 amide bonds. The summed E-state index contributed by atoms with van der Waals surface area (Å²) >= 11 is 1.56. The topological polar surface area (TPSA) is 118 Å². The van der Waals surface area contributed by atoms with Crippen molar-refractivity contribution in [2.75, 3.05) is 25.1 Å². The van der Waals surface area contributed by atoms with Crippen LogP contribution in [0.3, 0.4) is 0 Å². The number of ether oxygens (including phenoxy) is 2. The number of aliphatic hydroxyl groups excluding tert-OH is 1. The summed E-state index contributed by atoms with van der Waals surface area (Å²) in [6.45, 7) is 2.84. The van der Waals surface area contributed by atoms with Crippen LogP contribution in [-0.2, 0) is 11.4 Å². The predicted octanol–water partition coefficient (Wildman–Crippen LogP) is 3.59. The van der Waals surface area contributed by atoms with Gasteiger partial charge in [-0.1, -0.05) is 6.07 Å². The Kier molecular flexibility index (Phi) is 7.84. The Labute approximate surface area is 200 Å². The normalized spacial score (nSPS) is 10.8. The van der Waals surface area contributed by atoms with Crippen molar-refractivity contribution in [3.8, 4) is 11.5 Å². The fourth-order valence-corrected chi connectivity index (χ4v) is 3.85. The molecule has 34 heavy (non-hydrogen) atoms. The van der Waals surface area contributed by atoms with Gasteiger partial charge >= 0.3 is 0 Å². The van der Waals surface area contributed by atoms with E-state index in [1.807, 2.05) is 48.7 Å². The number of aryl methyl sites for hydroxylation is 1. The van der Waals surface area contributed by atoms with Crippen molar-refractivity contribution < 1.29 is 19.4 Å². The van der Waals surface area contributed by atoms with Gasteiger partial charge in [0.25, 0.3) is 0 Å². The number of carbonyl (C=O) groups excluding carboxylic acids is 1. The minimum atomic E-state index is -0.218. The largest absolute Gasteiger partial charge is 0.491 e. The highest BCUT2D eigenvalue weighted by Crippen LogP contribution is 2.32. The number of carbonyl (C=O) groups is 1. The number of anilines is 2. The second-order valence-corrected chi connectivity index (χ2v) is 8.34. The second kappa shape index (κ2) is 11.4. The van der Waals surface area contributed by atoms with E-state index in [1.54, 1.807) is 17.5 Å². The molecule has 176 valence electrons. The van der Waals surface area contributed by atoms with Gasteiger partial charge in [-0.2, -0.15) is 0 Å². The summed E-state index contributed by atoms with van der Waals surface area (Å²) in [5, 5.41) is 18.5. The first-order chi connectivity index (χ1) is 16.6. The van der Waals surface area contributed by atoms with Crippen LogP contribution in [0.15, 0.2) is 54.3 Å². The molecule has 0 saturated heterocycles. The van der Waals surface area contributed by atoms with Crippen LogP contribution in [0.5, 0.6) is 11.5 Å². The first-order valence-corrected chi connectivity index (χ1v) is 11.6. The average molecular weight is 480 g/mol. The van der Waals surface area contributed by atoms with Gasteiger partial charge in [-0.25, -0.2) is 15.0 Å². The third-order valence-corrected chi connectivity index (χ3v) is 5.67. The molecule has 0 bridgehead atoms. The van der Waals surface area contributed by atoms with Crippen molar-refractivity contribution in [3.63, 3.8) is 0 Å². The molecule has 0 unspecified atom stereocenters. The lowest BCUT2D eigenvalue weighted by molar-refractivity contribution is -0.121. The van der Waals surface area contributed by atoms with Gasteiger partial charge < -0.3 is 25.2 Å². The number of benzene rings is 2. The van der Waals surface area contributed by atoms with Crippen molar-refractivity contribution in [2.45, 2.75) is 20.0 Å². The summed E-state index contributed by atoms with van der Waals surface area (Å²) in [6, 6.07) is 11.4. The van der Waals surface area contributed by atoms with Crippen molar-refractivity contribution in [1.82, 2.24) is 20.3 Å². The summed E-state index contributed by atoms with van der Waals surface area (Å²) in [5.74, 6) is 1.79. The molecule has 2 heterocycles. The summed E-state index contributed by atoms with van der Waals surface area (Å²) in [4.78, 5) is 24.5. The second-order valence-electron chi connectivity index (χ2n) is 7.36. The van der Waals surface area contributed by atoms with Crippen LogP contribution in [0, 0.1) is 6.92 Å². The maximum Gasteiger partial charge on any atom is 0.222 e. The van der Waals surface area contributed by atoms with Gasteiger partial charge in [0.05, 0.1) is 24.1 Å². The lowest BCUT2D eigenvalue weighted by Gasteiger charge is -2.14. The first kappa shape index (κ1) is 23.4. The number of aliphatic hydroxyl groups is 1. The van der Waals surface area contributed by atoms with Crippen molar-refractivity contribution >= 4 is 39.7 Å². The number of fused-ring (bicyclic) bond motifs is 1. The van der Waals surface area contributed by atoms with E-state index in [0.717, 1.165) is 32.9 Å². The highest BCUT2D eigenvalue weighted by molar-refractivity contribution is 7.09. The Bertz CT molecular complexity index is 1240. The number of amides is 1. The van der Waals surface area contributed by atoms with Gasteiger partial charge in [-0.05, 0) is 42.8 Å². The van der Waals surface area contributed by atoms with Gasteiger partial charge in [-0.3, -0.25) is 4.79 Å². The van der Waals surface area contributed by atoms with Gasteiger partial charge in [0.2, 0.25) is 5.91 Å². The van der Waals surface area contributed by atoms with E-state index in [0.29, 0.717) is 24.7 Å². The molecule has 2 aromatic heterocycles. The van der Waals surface area contributed by atoms with Gasteiger partial charge in [-0.15, -0.1) is 11.3 Å². The Balaban J connectivity index is 1.47. The van der Waals surface area contributed by atoms with E-state index in [9.17, 15) is 4.79 Å². The Hall–Kier alpha value is -3.76. The monoisotopic (exact) mass is 479 g/mol. The summed E-state index contributed by atoms with van der Waals surface area (Å²) < 4.78 is 11.8. The quantitative estimate of drug-likeness (QED) is 0.279. The SMILES string of the molecule is Cc1cc(Nc2ncnc3cccc(OCCNC(=O)CCO)c23)ccc1OCc1nccs1. The molecule has 9 nitrogen and oxygen atoms in total. The zero-order valence-electron chi connectivity index (χ0n) is 18.7. The molecule has 3 N–H and O–H groups in total. The predicted molar refractivity (Wildman–Crippen MR) is 131 cm³/mol. The molecule has 0 radical (unpaired) electrons. The van der Waals surface area contributed by atoms with E-state index in [-0.39, 0.29) is 25.5 Å². The number of rotatable bonds is 11. The molecular formula is C24H25N5O4S. The minimum Gasteiger partial charge on any atom is -0.491 e.